The molecule has 0 atom stereocenters. The van der Waals surface area contributed by atoms with Crippen molar-refractivity contribution in [3.8, 4) is 5.82 Å². The van der Waals surface area contributed by atoms with Crippen molar-refractivity contribution in [1.82, 2.24) is 24.7 Å². The van der Waals surface area contributed by atoms with Crippen LogP contribution in [0.25, 0.3) is 16.9 Å². The molecule has 0 radical (unpaired) electrons. The molecule has 0 fully saturated rings. The third-order valence-electron chi connectivity index (χ3n) is 3.26. The number of thioether (sulfide) groups is 1. The summed E-state index contributed by atoms with van der Waals surface area (Å²) in [5, 5.41) is 7.27. The summed E-state index contributed by atoms with van der Waals surface area (Å²) in [4.78, 5) is 24.6. The number of rotatable bonds is 5. The van der Waals surface area contributed by atoms with Crippen molar-refractivity contribution >= 4 is 34.6 Å². The second-order valence-electron chi connectivity index (χ2n) is 5.00. The third kappa shape index (κ3) is 3.50. The van der Waals surface area contributed by atoms with E-state index in [2.05, 4.69) is 25.4 Å². The fraction of sp³-hybridized carbons (Fsp3) is 0.0625. The first-order valence-electron chi connectivity index (χ1n) is 7.38. The van der Waals surface area contributed by atoms with Crippen molar-refractivity contribution in [3.63, 3.8) is 0 Å². The number of nitrogens with zero attached hydrogens (tertiary/aromatic N) is 5. The van der Waals surface area contributed by atoms with Crippen molar-refractivity contribution in [2.75, 3.05) is 11.1 Å². The minimum atomic E-state index is -0.211. The summed E-state index contributed by atoms with van der Waals surface area (Å²) in [6, 6.07) is 10.9. The van der Waals surface area contributed by atoms with E-state index in [1.54, 1.807) is 29.2 Å². The first kappa shape index (κ1) is 15.3. The van der Waals surface area contributed by atoms with Gasteiger partial charge < -0.3 is 9.73 Å². The van der Waals surface area contributed by atoms with Gasteiger partial charge in [0, 0.05) is 18.5 Å². The Morgan fingerprint density at radius 1 is 1.24 bits per heavy atom. The zero-order valence-corrected chi connectivity index (χ0v) is 13.7. The molecule has 8 nitrogen and oxygen atoms in total. The number of hydrogen-bond donors (Lipinski definition) is 1. The number of carbonyl (C=O) groups is 1. The van der Waals surface area contributed by atoms with E-state index >= 15 is 0 Å². The summed E-state index contributed by atoms with van der Waals surface area (Å²) in [5.74, 6) is 0.927. The Bertz CT molecular complexity index is 981. The minimum absolute atomic E-state index is 0.161. The number of para-hydroxylation sites is 2. The van der Waals surface area contributed by atoms with E-state index in [0.29, 0.717) is 22.4 Å². The van der Waals surface area contributed by atoms with Gasteiger partial charge in [0.25, 0.3) is 5.22 Å². The summed E-state index contributed by atoms with van der Waals surface area (Å²) in [6.07, 6.45) is 4.79. The van der Waals surface area contributed by atoms with Gasteiger partial charge in [0.2, 0.25) is 5.91 Å². The van der Waals surface area contributed by atoms with Gasteiger partial charge in [-0.25, -0.2) is 19.6 Å². The molecule has 0 aliphatic rings. The minimum Gasteiger partial charge on any atom is -0.431 e. The van der Waals surface area contributed by atoms with Crippen LogP contribution in [0.15, 0.2) is 64.8 Å². The lowest BCUT2D eigenvalue weighted by molar-refractivity contribution is -0.113. The van der Waals surface area contributed by atoms with E-state index < -0.39 is 0 Å². The predicted octanol–water partition coefficient (Wildman–Crippen LogP) is 2.53. The number of fused-ring (bicyclic) bond motifs is 1. The van der Waals surface area contributed by atoms with Crippen molar-refractivity contribution < 1.29 is 9.21 Å². The molecule has 0 spiro atoms. The molecular formula is C16H12N6O2S. The highest BCUT2D eigenvalue weighted by atomic mass is 32.2. The molecule has 3 heterocycles. The number of oxazole rings is 1. The van der Waals surface area contributed by atoms with Crippen LogP contribution in [-0.4, -0.2) is 36.4 Å². The molecule has 124 valence electrons. The lowest BCUT2D eigenvalue weighted by Crippen LogP contribution is -2.15. The summed E-state index contributed by atoms with van der Waals surface area (Å²) < 4.78 is 7.16. The van der Waals surface area contributed by atoms with Crippen LogP contribution < -0.4 is 5.32 Å². The molecule has 3 aromatic heterocycles. The Hall–Kier alpha value is -3.20. The first-order chi connectivity index (χ1) is 12.3. The van der Waals surface area contributed by atoms with E-state index in [1.807, 2.05) is 24.3 Å². The zero-order valence-electron chi connectivity index (χ0n) is 12.9. The van der Waals surface area contributed by atoms with Crippen molar-refractivity contribution in [1.29, 1.82) is 0 Å². The molecule has 25 heavy (non-hydrogen) atoms. The molecule has 0 aliphatic heterocycles. The number of hydrogen-bond acceptors (Lipinski definition) is 7. The van der Waals surface area contributed by atoms with Crippen molar-refractivity contribution in [2.45, 2.75) is 5.22 Å². The maximum Gasteiger partial charge on any atom is 0.257 e. The summed E-state index contributed by atoms with van der Waals surface area (Å²) in [7, 11) is 0. The Balaban J connectivity index is 1.39. The average molecular weight is 352 g/mol. The van der Waals surface area contributed by atoms with Gasteiger partial charge in [0.15, 0.2) is 11.4 Å². The molecule has 1 aromatic carbocycles. The van der Waals surface area contributed by atoms with E-state index in [9.17, 15) is 4.79 Å². The maximum atomic E-state index is 12.1. The van der Waals surface area contributed by atoms with Gasteiger partial charge in [0.05, 0.1) is 5.75 Å². The lowest BCUT2D eigenvalue weighted by Gasteiger charge is -2.05. The summed E-state index contributed by atoms with van der Waals surface area (Å²) in [5.41, 5.74) is 1.47. The largest absolute Gasteiger partial charge is 0.431 e. The van der Waals surface area contributed by atoms with Gasteiger partial charge in [-0.15, -0.1) is 0 Å². The van der Waals surface area contributed by atoms with Crippen molar-refractivity contribution in [2.24, 2.45) is 0 Å². The molecule has 1 amide bonds. The smallest absolute Gasteiger partial charge is 0.257 e. The van der Waals surface area contributed by atoms with Gasteiger partial charge in [-0.3, -0.25) is 4.79 Å². The number of benzene rings is 1. The molecule has 0 saturated carbocycles. The Morgan fingerprint density at radius 2 is 2.16 bits per heavy atom. The molecule has 9 heteroatoms. The molecule has 0 unspecified atom stereocenters. The van der Waals surface area contributed by atoms with Crippen LogP contribution in [0.3, 0.4) is 0 Å². The molecular weight excluding hydrogens is 340 g/mol. The fourth-order valence-corrected chi connectivity index (χ4v) is 2.80. The number of nitrogens with one attached hydrogen (secondary N) is 1. The molecule has 0 bridgehead atoms. The van der Waals surface area contributed by atoms with Crippen LogP contribution in [0.1, 0.15) is 0 Å². The van der Waals surface area contributed by atoms with Crippen LogP contribution in [0.2, 0.25) is 0 Å². The molecule has 0 saturated heterocycles. The van der Waals surface area contributed by atoms with Crippen LogP contribution in [0.4, 0.5) is 5.82 Å². The topological polar surface area (TPSA) is 98.7 Å². The van der Waals surface area contributed by atoms with E-state index in [-0.39, 0.29) is 11.7 Å². The number of carbonyl (C=O) groups excluding carboxylic acids is 1. The van der Waals surface area contributed by atoms with Gasteiger partial charge >= 0.3 is 0 Å². The second-order valence-corrected chi connectivity index (χ2v) is 5.92. The van der Waals surface area contributed by atoms with E-state index in [1.165, 1.54) is 18.1 Å². The number of aromatic nitrogens is 5. The van der Waals surface area contributed by atoms with E-state index in [0.717, 1.165) is 5.52 Å². The molecule has 4 rings (SSSR count). The quantitative estimate of drug-likeness (QED) is 0.551. The van der Waals surface area contributed by atoms with Gasteiger partial charge in [-0.2, -0.15) is 5.10 Å². The van der Waals surface area contributed by atoms with Crippen LogP contribution in [-0.2, 0) is 4.79 Å². The van der Waals surface area contributed by atoms with Gasteiger partial charge in [-0.05, 0) is 18.2 Å². The highest BCUT2D eigenvalue weighted by Crippen LogP contribution is 2.23. The normalized spacial score (nSPS) is 10.9. The molecule has 0 aliphatic carbocycles. The fourth-order valence-electron chi connectivity index (χ4n) is 2.16. The maximum absolute atomic E-state index is 12.1. The zero-order chi connectivity index (χ0) is 17.1. The van der Waals surface area contributed by atoms with Crippen LogP contribution in [0, 0.1) is 0 Å². The highest BCUT2D eigenvalue weighted by molar-refractivity contribution is 7.99. The molecule has 1 N–H and O–H groups in total. The monoisotopic (exact) mass is 352 g/mol. The summed E-state index contributed by atoms with van der Waals surface area (Å²) >= 11 is 1.22. The third-order valence-corrected chi connectivity index (χ3v) is 4.09. The SMILES string of the molecule is O=C(CSc1nc2ccccc2o1)Nc1cc(-n2cccn2)ncn1. The number of anilines is 1. The van der Waals surface area contributed by atoms with Crippen LogP contribution in [0.5, 0.6) is 0 Å². The lowest BCUT2D eigenvalue weighted by atomic mass is 10.3. The second kappa shape index (κ2) is 6.73. The molecule has 4 aromatic rings. The Kier molecular flexibility index (Phi) is 4.13. The first-order valence-corrected chi connectivity index (χ1v) is 8.37. The van der Waals surface area contributed by atoms with Crippen molar-refractivity contribution in [3.05, 3.63) is 55.1 Å². The predicted molar refractivity (Wildman–Crippen MR) is 92.5 cm³/mol. The summed E-state index contributed by atoms with van der Waals surface area (Å²) in [6.45, 7) is 0. The number of amides is 1. The Morgan fingerprint density at radius 3 is 3.00 bits per heavy atom. The van der Waals surface area contributed by atoms with E-state index in [4.69, 9.17) is 4.42 Å². The highest BCUT2D eigenvalue weighted by Gasteiger charge is 2.10. The van der Waals surface area contributed by atoms with Gasteiger partial charge in [0.1, 0.15) is 17.7 Å². The Labute approximate surface area is 146 Å². The van der Waals surface area contributed by atoms with Crippen LogP contribution >= 0.6 is 11.8 Å². The standard InChI is InChI=1S/C16H12N6O2S/c23-15(9-25-16-20-11-4-1-2-5-12(11)24-16)21-13-8-14(18-10-17-13)22-7-3-6-19-22/h1-8,10H,9H2,(H,17,18,21,23). The average Bonchev–Trinajstić information content (AvgIpc) is 3.29. The van der Waals surface area contributed by atoms with Gasteiger partial charge in [-0.1, -0.05) is 23.9 Å².